The van der Waals surface area contributed by atoms with E-state index < -0.39 is 5.97 Å². The molecule has 2 N–H and O–H groups in total. The lowest BCUT2D eigenvalue weighted by Gasteiger charge is -2.08. The Hall–Kier alpha value is -2.83. The zero-order valence-corrected chi connectivity index (χ0v) is 11.7. The molecule has 0 aliphatic heterocycles. The first kappa shape index (κ1) is 14.6. The zero-order valence-electron chi connectivity index (χ0n) is 11.7. The maximum atomic E-state index is 11.0. The largest absolute Gasteiger partial charge is 0.487 e. The van der Waals surface area contributed by atoms with Gasteiger partial charge in [0.25, 0.3) is 0 Å². The number of carboxylic acids is 1. The highest BCUT2D eigenvalue weighted by atomic mass is 16.5. The van der Waals surface area contributed by atoms with E-state index in [1.165, 1.54) is 17.8 Å². The van der Waals surface area contributed by atoms with Crippen LogP contribution in [0.15, 0.2) is 30.5 Å². The Morgan fingerprint density at radius 3 is 2.57 bits per heavy atom. The topological polar surface area (TPSA) is 93.4 Å². The molecule has 1 heterocycles. The number of carboxylic acid groups (broad SMARTS) is 1. The van der Waals surface area contributed by atoms with Gasteiger partial charge < -0.3 is 15.2 Å². The molecule has 0 bridgehead atoms. The highest BCUT2D eigenvalue weighted by Crippen LogP contribution is 2.18. The number of rotatable bonds is 5. The first-order chi connectivity index (χ1) is 9.97. The first-order valence-corrected chi connectivity index (χ1v) is 6.22. The first-order valence-electron chi connectivity index (χ1n) is 6.22. The van der Waals surface area contributed by atoms with Crippen LogP contribution in [0.25, 0.3) is 0 Å². The van der Waals surface area contributed by atoms with Crippen molar-refractivity contribution in [2.24, 2.45) is 7.05 Å². The smallest absolute Gasteiger partial charge is 0.339 e. The molecule has 0 atom stereocenters. The molecule has 0 saturated heterocycles. The average Bonchev–Trinajstić information content (AvgIpc) is 2.79. The highest BCUT2D eigenvalue weighted by molar-refractivity contribution is 5.89. The summed E-state index contributed by atoms with van der Waals surface area (Å²) in [6.07, 6.45) is 1.29. The van der Waals surface area contributed by atoms with Crippen molar-refractivity contribution in [1.82, 2.24) is 9.78 Å². The van der Waals surface area contributed by atoms with Crippen molar-refractivity contribution in [1.29, 1.82) is 0 Å². The summed E-state index contributed by atoms with van der Waals surface area (Å²) < 4.78 is 7.01. The van der Waals surface area contributed by atoms with E-state index in [1.807, 2.05) is 0 Å². The van der Waals surface area contributed by atoms with E-state index in [-0.39, 0.29) is 18.1 Å². The summed E-state index contributed by atoms with van der Waals surface area (Å²) in [4.78, 5) is 22.0. The van der Waals surface area contributed by atoms with E-state index in [0.29, 0.717) is 17.1 Å². The summed E-state index contributed by atoms with van der Waals surface area (Å²) in [7, 11) is 1.66. The minimum atomic E-state index is -1.04. The number of ether oxygens (including phenoxy) is 1. The van der Waals surface area contributed by atoms with Crippen LogP contribution in [0.4, 0.5) is 5.69 Å². The Morgan fingerprint density at radius 1 is 1.33 bits per heavy atom. The number of nitrogens with zero attached hydrogens (tertiary/aromatic N) is 2. The summed E-state index contributed by atoms with van der Waals surface area (Å²) in [5.74, 6) is -0.617. The van der Waals surface area contributed by atoms with Gasteiger partial charge >= 0.3 is 5.97 Å². The number of aromatic carboxylic acids is 1. The van der Waals surface area contributed by atoms with Gasteiger partial charge in [-0.15, -0.1) is 0 Å². The van der Waals surface area contributed by atoms with Crippen molar-refractivity contribution in [3.63, 3.8) is 0 Å². The Balaban J connectivity index is 2.05. The van der Waals surface area contributed by atoms with Crippen LogP contribution in [0.5, 0.6) is 5.75 Å². The number of hydrogen-bond acceptors (Lipinski definition) is 4. The molecular formula is C14H15N3O4. The van der Waals surface area contributed by atoms with E-state index >= 15 is 0 Å². The molecule has 0 saturated carbocycles. The van der Waals surface area contributed by atoms with Crippen LogP contribution in [-0.2, 0) is 18.4 Å². The van der Waals surface area contributed by atoms with Crippen LogP contribution in [0.2, 0.25) is 0 Å². The molecule has 2 rings (SSSR count). The fraction of sp³-hybridized carbons (Fsp3) is 0.214. The molecule has 110 valence electrons. The summed E-state index contributed by atoms with van der Waals surface area (Å²) >= 11 is 0. The standard InChI is InChI=1S/C14H15N3O4/c1-9(18)16-10-3-5-11(6-4-10)21-8-13-12(14(19)20)7-15-17(13)2/h3-7H,8H2,1-2H3,(H,16,18)(H,19,20). The van der Waals surface area contributed by atoms with Gasteiger partial charge in [0.2, 0.25) is 5.91 Å². The normalized spacial score (nSPS) is 10.2. The maximum Gasteiger partial charge on any atom is 0.339 e. The average molecular weight is 289 g/mol. The number of nitrogens with one attached hydrogen (secondary N) is 1. The molecule has 2 aromatic rings. The molecule has 0 aliphatic carbocycles. The molecule has 7 nitrogen and oxygen atoms in total. The lowest BCUT2D eigenvalue weighted by atomic mass is 10.2. The molecule has 0 aliphatic rings. The van der Waals surface area contributed by atoms with E-state index in [2.05, 4.69) is 10.4 Å². The van der Waals surface area contributed by atoms with Crippen LogP contribution in [0.3, 0.4) is 0 Å². The quantitative estimate of drug-likeness (QED) is 0.873. The second kappa shape index (κ2) is 6.08. The molecule has 0 fully saturated rings. The number of carbonyl (C=O) groups excluding carboxylic acids is 1. The van der Waals surface area contributed by atoms with Crippen LogP contribution in [0.1, 0.15) is 23.0 Å². The predicted molar refractivity (Wildman–Crippen MR) is 75.2 cm³/mol. The predicted octanol–water partition coefficient (Wildman–Crippen LogP) is 1.66. The third kappa shape index (κ3) is 3.59. The lowest BCUT2D eigenvalue weighted by Crippen LogP contribution is -2.08. The maximum absolute atomic E-state index is 11.0. The molecular weight excluding hydrogens is 274 g/mol. The number of aryl methyl sites for hydroxylation is 1. The van der Waals surface area contributed by atoms with E-state index in [1.54, 1.807) is 31.3 Å². The SMILES string of the molecule is CC(=O)Nc1ccc(OCc2c(C(=O)O)cnn2C)cc1. The Kier molecular flexibility index (Phi) is 4.22. The van der Waals surface area contributed by atoms with Crippen LogP contribution in [0, 0.1) is 0 Å². The highest BCUT2D eigenvalue weighted by Gasteiger charge is 2.15. The van der Waals surface area contributed by atoms with Gasteiger partial charge in [-0.2, -0.15) is 5.10 Å². The van der Waals surface area contributed by atoms with Gasteiger partial charge in [0.15, 0.2) is 0 Å². The van der Waals surface area contributed by atoms with Gasteiger partial charge in [-0.1, -0.05) is 0 Å². The fourth-order valence-corrected chi connectivity index (χ4v) is 1.80. The van der Waals surface area contributed by atoms with E-state index in [4.69, 9.17) is 9.84 Å². The number of benzene rings is 1. The number of amides is 1. The molecule has 0 radical (unpaired) electrons. The molecule has 1 aromatic heterocycles. The van der Waals surface area contributed by atoms with E-state index in [0.717, 1.165) is 0 Å². The summed E-state index contributed by atoms with van der Waals surface area (Å²) in [6, 6.07) is 6.81. The number of hydrogen-bond donors (Lipinski definition) is 2. The van der Waals surface area contributed by atoms with Crippen LogP contribution in [-0.4, -0.2) is 26.8 Å². The number of carbonyl (C=O) groups is 2. The Morgan fingerprint density at radius 2 is 2.00 bits per heavy atom. The molecule has 1 amide bonds. The molecule has 0 unspecified atom stereocenters. The monoisotopic (exact) mass is 289 g/mol. The van der Waals surface area contributed by atoms with Gasteiger partial charge in [-0.05, 0) is 24.3 Å². The van der Waals surface area contributed by atoms with Crippen molar-refractivity contribution >= 4 is 17.6 Å². The van der Waals surface area contributed by atoms with Gasteiger partial charge in [-0.3, -0.25) is 9.48 Å². The molecule has 1 aromatic carbocycles. The van der Waals surface area contributed by atoms with Crippen LogP contribution < -0.4 is 10.1 Å². The molecule has 0 spiro atoms. The Bertz CT molecular complexity index is 661. The van der Waals surface area contributed by atoms with Crippen molar-refractivity contribution in [2.45, 2.75) is 13.5 Å². The third-order valence-electron chi connectivity index (χ3n) is 2.84. The molecule has 7 heteroatoms. The minimum Gasteiger partial charge on any atom is -0.487 e. The van der Waals surface area contributed by atoms with Gasteiger partial charge in [0, 0.05) is 19.7 Å². The lowest BCUT2D eigenvalue weighted by molar-refractivity contribution is -0.114. The summed E-state index contributed by atoms with van der Waals surface area (Å²) in [5.41, 5.74) is 1.27. The molecule has 21 heavy (non-hydrogen) atoms. The van der Waals surface area contributed by atoms with Crippen molar-refractivity contribution < 1.29 is 19.4 Å². The second-order valence-corrected chi connectivity index (χ2v) is 4.43. The third-order valence-corrected chi connectivity index (χ3v) is 2.84. The van der Waals surface area contributed by atoms with Crippen molar-refractivity contribution in [2.75, 3.05) is 5.32 Å². The number of aromatic nitrogens is 2. The summed E-state index contributed by atoms with van der Waals surface area (Å²) in [5, 5.41) is 15.6. The van der Waals surface area contributed by atoms with Crippen molar-refractivity contribution in [3.8, 4) is 5.75 Å². The number of anilines is 1. The second-order valence-electron chi connectivity index (χ2n) is 4.43. The Labute approximate surface area is 121 Å². The van der Waals surface area contributed by atoms with Crippen molar-refractivity contribution in [3.05, 3.63) is 41.7 Å². The zero-order chi connectivity index (χ0) is 15.4. The van der Waals surface area contributed by atoms with Gasteiger partial charge in [0.1, 0.15) is 17.9 Å². The fourth-order valence-electron chi connectivity index (χ4n) is 1.80. The van der Waals surface area contributed by atoms with Crippen LogP contribution >= 0.6 is 0 Å². The summed E-state index contributed by atoms with van der Waals surface area (Å²) in [6.45, 7) is 1.53. The van der Waals surface area contributed by atoms with Gasteiger partial charge in [-0.25, -0.2) is 4.79 Å². The van der Waals surface area contributed by atoms with Gasteiger partial charge in [0.05, 0.1) is 11.9 Å². The minimum absolute atomic E-state index is 0.0949. The van der Waals surface area contributed by atoms with E-state index in [9.17, 15) is 9.59 Å².